The van der Waals surface area contributed by atoms with Crippen molar-refractivity contribution in [3.8, 4) is 5.75 Å². The lowest BCUT2D eigenvalue weighted by Gasteiger charge is -2.39. The van der Waals surface area contributed by atoms with Gasteiger partial charge >= 0.3 is 0 Å². The second kappa shape index (κ2) is 6.15. The molecule has 3 nitrogen and oxygen atoms in total. The molecule has 1 atom stereocenters. The number of hydrogen-bond donors (Lipinski definition) is 1. The molecule has 0 heterocycles. The van der Waals surface area contributed by atoms with Crippen LogP contribution in [-0.2, 0) is 11.2 Å². The van der Waals surface area contributed by atoms with Crippen LogP contribution in [0.1, 0.15) is 49.8 Å². The summed E-state index contributed by atoms with van der Waals surface area (Å²) in [5, 5.41) is 3.82. The van der Waals surface area contributed by atoms with Crippen LogP contribution in [-0.4, -0.2) is 25.9 Å². The van der Waals surface area contributed by atoms with Gasteiger partial charge in [-0.1, -0.05) is 6.07 Å². The molecule has 0 aromatic heterocycles. The van der Waals surface area contributed by atoms with Crippen LogP contribution >= 0.6 is 0 Å². The Balaban J connectivity index is 1.62. The van der Waals surface area contributed by atoms with Crippen LogP contribution in [0.4, 0.5) is 0 Å². The average molecular weight is 275 g/mol. The normalized spacial score (nSPS) is 28.6. The van der Waals surface area contributed by atoms with Gasteiger partial charge in [0, 0.05) is 18.7 Å². The Kier molecular flexibility index (Phi) is 4.27. The van der Waals surface area contributed by atoms with E-state index in [0.717, 1.165) is 25.2 Å². The Hall–Kier alpha value is -1.06. The zero-order valence-corrected chi connectivity index (χ0v) is 12.5. The molecule has 0 radical (unpaired) electrons. The third-order valence-electron chi connectivity index (χ3n) is 4.60. The molecule has 20 heavy (non-hydrogen) atoms. The maximum atomic E-state index is 5.64. The van der Waals surface area contributed by atoms with Gasteiger partial charge in [0.2, 0.25) is 0 Å². The molecule has 1 aromatic carbocycles. The maximum Gasteiger partial charge on any atom is 0.119 e. The fraction of sp³-hybridized carbons (Fsp3) is 0.647. The van der Waals surface area contributed by atoms with Crippen molar-refractivity contribution in [1.82, 2.24) is 5.32 Å². The van der Waals surface area contributed by atoms with E-state index in [1.165, 1.54) is 30.4 Å². The van der Waals surface area contributed by atoms with Gasteiger partial charge in [0.05, 0.1) is 13.2 Å². The van der Waals surface area contributed by atoms with Crippen molar-refractivity contribution >= 4 is 0 Å². The van der Waals surface area contributed by atoms with E-state index < -0.39 is 0 Å². The summed E-state index contributed by atoms with van der Waals surface area (Å²) in [6.45, 7) is 2.91. The molecule has 3 heteroatoms. The summed E-state index contributed by atoms with van der Waals surface area (Å²) in [7, 11) is 1.74. The van der Waals surface area contributed by atoms with Crippen molar-refractivity contribution in [2.75, 3.05) is 13.7 Å². The Morgan fingerprint density at radius 2 is 2.15 bits per heavy atom. The number of ether oxygens (including phenoxy) is 2. The number of hydrogen-bond acceptors (Lipinski definition) is 3. The third kappa shape index (κ3) is 2.84. The average Bonchev–Trinajstić information content (AvgIpc) is 2.44. The number of aryl methyl sites for hydroxylation is 1. The summed E-state index contributed by atoms with van der Waals surface area (Å²) < 4.78 is 11.0. The lowest BCUT2D eigenvalue weighted by molar-refractivity contribution is -0.0129. The lowest BCUT2D eigenvalue weighted by Crippen LogP contribution is -2.47. The van der Waals surface area contributed by atoms with Crippen molar-refractivity contribution in [2.45, 2.75) is 57.2 Å². The first-order chi connectivity index (χ1) is 9.80. The summed E-state index contributed by atoms with van der Waals surface area (Å²) in [5.41, 5.74) is 2.92. The van der Waals surface area contributed by atoms with Gasteiger partial charge in [-0.15, -0.1) is 0 Å². The Morgan fingerprint density at radius 1 is 1.30 bits per heavy atom. The predicted octanol–water partition coefficient (Wildman–Crippen LogP) is 3.23. The van der Waals surface area contributed by atoms with Crippen LogP contribution in [0.15, 0.2) is 18.2 Å². The highest BCUT2D eigenvalue weighted by Gasteiger charge is 2.32. The molecule has 1 saturated carbocycles. The van der Waals surface area contributed by atoms with Gasteiger partial charge in [-0.05, 0) is 62.3 Å². The fourth-order valence-electron chi connectivity index (χ4n) is 3.45. The highest BCUT2D eigenvalue weighted by atomic mass is 16.5. The molecule has 1 aromatic rings. The van der Waals surface area contributed by atoms with Crippen LogP contribution in [0.25, 0.3) is 0 Å². The summed E-state index contributed by atoms with van der Waals surface area (Å²) >= 11 is 0. The quantitative estimate of drug-likeness (QED) is 0.895. The van der Waals surface area contributed by atoms with E-state index in [0.29, 0.717) is 18.2 Å². The first-order valence-corrected chi connectivity index (χ1v) is 7.84. The molecule has 0 spiro atoms. The molecular weight excluding hydrogens is 250 g/mol. The molecular formula is C17H25NO2. The lowest BCUT2D eigenvalue weighted by atomic mass is 9.83. The summed E-state index contributed by atoms with van der Waals surface area (Å²) in [6.07, 6.45) is 6.49. The molecule has 2 aliphatic carbocycles. The number of methoxy groups -OCH3 is 1. The number of nitrogens with one attached hydrogen (secondary N) is 1. The van der Waals surface area contributed by atoms with E-state index in [-0.39, 0.29) is 0 Å². The van der Waals surface area contributed by atoms with Crippen LogP contribution < -0.4 is 10.1 Å². The Morgan fingerprint density at radius 3 is 2.90 bits per heavy atom. The highest BCUT2D eigenvalue weighted by molar-refractivity contribution is 5.39. The molecule has 3 rings (SSSR count). The predicted molar refractivity (Wildman–Crippen MR) is 80.2 cm³/mol. The number of benzene rings is 1. The molecule has 1 unspecified atom stereocenters. The van der Waals surface area contributed by atoms with E-state index in [2.05, 4.69) is 30.4 Å². The monoisotopic (exact) mass is 275 g/mol. The zero-order chi connectivity index (χ0) is 13.9. The van der Waals surface area contributed by atoms with Crippen molar-refractivity contribution < 1.29 is 9.47 Å². The maximum absolute atomic E-state index is 5.64. The third-order valence-corrected chi connectivity index (χ3v) is 4.60. The second-order valence-electron chi connectivity index (χ2n) is 5.92. The zero-order valence-electron chi connectivity index (χ0n) is 12.5. The minimum Gasteiger partial charge on any atom is -0.497 e. The van der Waals surface area contributed by atoms with Gasteiger partial charge in [-0.2, -0.15) is 0 Å². The van der Waals surface area contributed by atoms with Crippen LogP contribution in [0.2, 0.25) is 0 Å². The molecule has 1 N–H and O–H groups in total. The van der Waals surface area contributed by atoms with Crippen molar-refractivity contribution in [2.24, 2.45) is 0 Å². The van der Waals surface area contributed by atoms with Crippen LogP contribution in [0, 0.1) is 0 Å². The first-order valence-electron chi connectivity index (χ1n) is 7.84. The van der Waals surface area contributed by atoms with Gasteiger partial charge < -0.3 is 14.8 Å². The van der Waals surface area contributed by atoms with Gasteiger partial charge in [-0.3, -0.25) is 0 Å². The van der Waals surface area contributed by atoms with Gasteiger partial charge in [0.15, 0.2) is 0 Å². The van der Waals surface area contributed by atoms with Gasteiger partial charge in [0.25, 0.3) is 0 Å². The van der Waals surface area contributed by atoms with E-state index in [1.807, 2.05) is 0 Å². The topological polar surface area (TPSA) is 30.5 Å². The SMILES string of the molecule is CCOC1CC(NC2CCCc3cc(OC)ccc32)C1. The van der Waals surface area contributed by atoms with E-state index in [9.17, 15) is 0 Å². The smallest absolute Gasteiger partial charge is 0.119 e. The second-order valence-corrected chi connectivity index (χ2v) is 5.92. The minimum atomic E-state index is 0.483. The van der Waals surface area contributed by atoms with Crippen molar-refractivity contribution in [3.63, 3.8) is 0 Å². The van der Waals surface area contributed by atoms with E-state index in [4.69, 9.17) is 9.47 Å². The minimum absolute atomic E-state index is 0.483. The van der Waals surface area contributed by atoms with Gasteiger partial charge in [-0.25, -0.2) is 0 Å². The Bertz CT molecular complexity index is 454. The van der Waals surface area contributed by atoms with E-state index in [1.54, 1.807) is 7.11 Å². The molecule has 1 fully saturated rings. The summed E-state index contributed by atoms with van der Waals surface area (Å²) in [5.74, 6) is 0.976. The molecule has 0 saturated heterocycles. The van der Waals surface area contributed by atoms with Crippen LogP contribution in [0.3, 0.4) is 0 Å². The Labute approximate surface area is 121 Å². The molecule has 2 aliphatic rings. The molecule has 0 amide bonds. The number of rotatable bonds is 5. The first kappa shape index (κ1) is 13.9. The van der Waals surface area contributed by atoms with Crippen LogP contribution in [0.5, 0.6) is 5.75 Å². The summed E-state index contributed by atoms with van der Waals surface area (Å²) in [4.78, 5) is 0. The standard InChI is InChI=1S/C17H25NO2/c1-3-20-15-10-13(11-15)18-17-6-4-5-12-9-14(19-2)7-8-16(12)17/h7-9,13,15,17-18H,3-6,10-11H2,1-2H3. The number of fused-ring (bicyclic) bond motifs is 1. The highest BCUT2D eigenvalue weighted by Crippen LogP contribution is 2.34. The largest absolute Gasteiger partial charge is 0.497 e. The molecule has 0 bridgehead atoms. The fourth-order valence-corrected chi connectivity index (χ4v) is 3.45. The van der Waals surface area contributed by atoms with E-state index >= 15 is 0 Å². The molecule has 110 valence electrons. The van der Waals surface area contributed by atoms with Gasteiger partial charge in [0.1, 0.15) is 5.75 Å². The summed E-state index contributed by atoms with van der Waals surface area (Å²) in [6, 6.07) is 7.67. The van der Waals surface area contributed by atoms with Crippen molar-refractivity contribution in [1.29, 1.82) is 0 Å². The van der Waals surface area contributed by atoms with Crippen molar-refractivity contribution in [3.05, 3.63) is 29.3 Å². The molecule has 0 aliphatic heterocycles.